The highest BCUT2D eigenvalue weighted by Crippen LogP contribution is 2.28. The summed E-state index contributed by atoms with van der Waals surface area (Å²) in [6.07, 6.45) is 6.54. The van der Waals surface area contributed by atoms with E-state index in [0.29, 0.717) is 24.4 Å². The van der Waals surface area contributed by atoms with Gasteiger partial charge in [-0.3, -0.25) is 10.1 Å². The number of unbranched alkanes of at least 4 members (excludes halogenated alkanes) is 1. The van der Waals surface area contributed by atoms with Crippen molar-refractivity contribution in [3.05, 3.63) is 28.3 Å². The Morgan fingerprint density at radius 3 is 2.94 bits per heavy atom. The van der Waals surface area contributed by atoms with E-state index in [0.717, 1.165) is 6.42 Å². The van der Waals surface area contributed by atoms with E-state index in [1.165, 1.54) is 13.2 Å². The monoisotopic (exact) mass is 234 g/mol. The minimum atomic E-state index is -0.428. The van der Waals surface area contributed by atoms with Gasteiger partial charge < -0.3 is 10.1 Å². The largest absolute Gasteiger partial charge is 0.497 e. The molecule has 5 heteroatoms. The van der Waals surface area contributed by atoms with Crippen molar-refractivity contribution in [2.45, 2.75) is 12.8 Å². The second-order valence-corrected chi connectivity index (χ2v) is 3.37. The summed E-state index contributed by atoms with van der Waals surface area (Å²) in [5.41, 5.74) is 0.484. The van der Waals surface area contributed by atoms with Gasteiger partial charge in [0.05, 0.1) is 12.0 Å². The van der Waals surface area contributed by atoms with Gasteiger partial charge in [-0.15, -0.1) is 12.3 Å². The molecule has 90 valence electrons. The van der Waals surface area contributed by atoms with Crippen LogP contribution in [0.5, 0.6) is 5.75 Å². The first kappa shape index (κ1) is 12.8. The normalized spacial score (nSPS) is 9.41. The number of benzene rings is 1. The van der Waals surface area contributed by atoms with Crippen LogP contribution in [-0.4, -0.2) is 18.6 Å². The number of hydrogen-bond acceptors (Lipinski definition) is 4. The molecule has 0 aliphatic carbocycles. The maximum atomic E-state index is 10.8. The van der Waals surface area contributed by atoms with Crippen molar-refractivity contribution in [2.24, 2.45) is 0 Å². The van der Waals surface area contributed by atoms with E-state index in [2.05, 4.69) is 11.2 Å². The van der Waals surface area contributed by atoms with Gasteiger partial charge in [0.2, 0.25) is 0 Å². The average Bonchev–Trinajstić information content (AvgIpc) is 2.34. The molecule has 0 saturated carbocycles. The summed E-state index contributed by atoms with van der Waals surface area (Å²) in [6, 6.07) is 4.58. The van der Waals surface area contributed by atoms with E-state index < -0.39 is 4.92 Å². The smallest absolute Gasteiger partial charge is 0.292 e. The lowest BCUT2D eigenvalue weighted by Gasteiger charge is -2.07. The van der Waals surface area contributed by atoms with Gasteiger partial charge in [0, 0.05) is 25.1 Å². The third-order valence-corrected chi connectivity index (χ3v) is 2.21. The highest BCUT2D eigenvalue weighted by molar-refractivity contribution is 5.64. The van der Waals surface area contributed by atoms with Crippen LogP contribution in [-0.2, 0) is 0 Å². The predicted octanol–water partition coefficient (Wildman–Crippen LogP) is 2.43. The summed E-state index contributed by atoms with van der Waals surface area (Å²) in [4.78, 5) is 10.4. The van der Waals surface area contributed by atoms with Crippen molar-refractivity contribution in [1.82, 2.24) is 0 Å². The average molecular weight is 234 g/mol. The van der Waals surface area contributed by atoms with Crippen molar-refractivity contribution in [1.29, 1.82) is 0 Å². The minimum absolute atomic E-state index is 0.0338. The molecule has 0 fully saturated rings. The van der Waals surface area contributed by atoms with Gasteiger partial charge in [-0.05, 0) is 12.5 Å². The number of terminal acetylenes is 1. The van der Waals surface area contributed by atoms with Crippen LogP contribution in [0.1, 0.15) is 12.8 Å². The molecule has 17 heavy (non-hydrogen) atoms. The number of nitrogens with one attached hydrogen (secondary N) is 1. The Morgan fingerprint density at radius 1 is 1.59 bits per heavy atom. The molecule has 0 amide bonds. The van der Waals surface area contributed by atoms with Crippen molar-refractivity contribution in [2.75, 3.05) is 19.0 Å². The van der Waals surface area contributed by atoms with Gasteiger partial charge in [-0.1, -0.05) is 0 Å². The molecule has 0 aromatic heterocycles. The van der Waals surface area contributed by atoms with E-state index in [4.69, 9.17) is 11.2 Å². The highest BCUT2D eigenvalue weighted by atomic mass is 16.6. The minimum Gasteiger partial charge on any atom is -0.497 e. The van der Waals surface area contributed by atoms with Gasteiger partial charge in [0.25, 0.3) is 5.69 Å². The molecule has 1 aromatic rings. The highest BCUT2D eigenvalue weighted by Gasteiger charge is 2.13. The Kier molecular flexibility index (Phi) is 4.82. The first-order valence-corrected chi connectivity index (χ1v) is 5.18. The van der Waals surface area contributed by atoms with Gasteiger partial charge in [-0.2, -0.15) is 0 Å². The van der Waals surface area contributed by atoms with E-state index in [9.17, 15) is 10.1 Å². The Hall–Kier alpha value is -2.22. The molecule has 1 aromatic carbocycles. The Bertz CT molecular complexity index is 438. The first-order valence-electron chi connectivity index (χ1n) is 5.18. The number of hydrogen-bond donors (Lipinski definition) is 1. The van der Waals surface area contributed by atoms with Crippen LogP contribution in [0.3, 0.4) is 0 Å². The molecule has 0 atom stereocenters. The van der Waals surface area contributed by atoms with Crippen molar-refractivity contribution in [3.63, 3.8) is 0 Å². The summed E-state index contributed by atoms with van der Waals surface area (Å²) < 4.78 is 5.02. The van der Waals surface area contributed by atoms with Crippen LogP contribution in [0.25, 0.3) is 0 Å². The number of ether oxygens (including phenoxy) is 1. The lowest BCUT2D eigenvalue weighted by molar-refractivity contribution is -0.384. The summed E-state index contributed by atoms with van der Waals surface area (Å²) in [5, 5.41) is 13.8. The van der Waals surface area contributed by atoms with Crippen molar-refractivity contribution >= 4 is 11.4 Å². The molecular weight excluding hydrogens is 220 g/mol. The summed E-state index contributed by atoms with van der Waals surface area (Å²) in [7, 11) is 1.52. The van der Waals surface area contributed by atoms with Crippen LogP contribution in [0.15, 0.2) is 18.2 Å². The maximum Gasteiger partial charge on any atom is 0.292 e. The summed E-state index contributed by atoms with van der Waals surface area (Å²) in [6.45, 7) is 0.595. The lowest BCUT2D eigenvalue weighted by Crippen LogP contribution is -2.04. The summed E-state index contributed by atoms with van der Waals surface area (Å²) >= 11 is 0. The Balaban J connectivity index is 2.79. The van der Waals surface area contributed by atoms with Crippen LogP contribution in [0.2, 0.25) is 0 Å². The predicted molar refractivity (Wildman–Crippen MR) is 66.2 cm³/mol. The zero-order chi connectivity index (χ0) is 12.7. The fourth-order valence-electron chi connectivity index (χ4n) is 1.36. The number of nitro benzene ring substituents is 1. The van der Waals surface area contributed by atoms with Gasteiger partial charge in [-0.25, -0.2) is 0 Å². The maximum absolute atomic E-state index is 10.8. The standard InChI is InChI=1S/C12H14N2O3/c1-3-4-5-8-13-11-9-10(17-2)6-7-12(11)14(15)16/h1,6-7,9,13H,4-5,8H2,2H3. The van der Waals surface area contributed by atoms with E-state index in [-0.39, 0.29) is 5.69 Å². The fourth-order valence-corrected chi connectivity index (χ4v) is 1.36. The van der Waals surface area contributed by atoms with E-state index in [1.54, 1.807) is 12.1 Å². The molecule has 0 bridgehead atoms. The molecule has 0 heterocycles. The zero-order valence-corrected chi connectivity index (χ0v) is 9.60. The number of anilines is 1. The van der Waals surface area contributed by atoms with E-state index >= 15 is 0 Å². The number of rotatable bonds is 6. The number of methoxy groups -OCH3 is 1. The molecular formula is C12H14N2O3. The molecule has 0 radical (unpaired) electrons. The Morgan fingerprint density at radius 2 is 2.35 bits per heavy atom. The molecule has 5 nitrogen and oxygen atoms in total. The van der Waals surface area contributed by atoms with Gasteiger partial charge >= 0.3 is 0 Å². The molecule has 1 N–H and O–H groups in total. The molecule has 1 rings (SSSR count). The second-order valence-electron chi connectivity index (χ2n) is 3.37. The summed E-state index contributed by atoms with van der Waals surface area (Å²) in [5.74, 6) is 3.09. The number of nitrogens with zero attached hydrogens (tertiary/aromatic N) is 1. The van der Waals surface area contributed by atoms with Gasteiger partial charge in [0.15, 0.2) is 0 Å². The van der Waals surface area contributed by atoms with E-state index in [1.807, 2.05) is 0 Å². The zero-order valence-electron chi connectivity index (χ0n) is 9.60. The van der Waals surface area contributed by atoms with Crippen molar-refractivity contribution < 1.29 is 9.66 Å². The second kappa shape index (κ2) is 6.38. The van der Waals surface area contributed by atoms with Crippen LogP contribution in [0.4, 0.5) is 11.4 Å². The molecule has 0 unspecified atom stereocenters. The van der Waals surface area contributed by atoms with Crippen LogP contribution < -0.4 is 10.1 Å². The van der Waals surface area contributed by atoms with Gasteiger partial charge in [0.1, 0.15) is 11.4 Å². The van der Waals surface area contributed by atoms with Crippen LogP contribution >= 0.6 is 0 Å². The topological polar surface area (TPSA) is 64.4 Å². The number of nitro groups is 1. The molecule has 0 saturated heterocycles. The fraction of sp³-hybridized carbons (Fsp3) is 0.333. The molecule has 0 aliphatic heterocycles. The van der Waals surface area contributed by atoms with Crippen LogP contribution in [0, 0.1) is 22.5 Å². The Labute approximate surface area is 99.9 Å². The quantitative estimate of drug-likeness (QED) is 0.355. The first-order chi connectivity index (χ1) is 8.19. The lowest BCUT2D eigenvalue weighted by atomic mass is 10.2. The SMILES string of the molecule is C#CCCCNc1cc(OC)ccc1[N+](=O)[O-]. The molecule has 0 spiro atoms. The third-order valence-electron chi connectivity index (χ3n) is 2.21. The third kappa shape index (κ3) is 3.68. The molecule has 0 aliphatic rings. The van der Waals surface area contributed by atoms with Crippen molar-refractivity contribution in [3.8, 4) is 18.1 Å².